The number of carbonyl (C=O) groups is 1. The van der Waals surface area contributed by atoms with Crippen LogP contribution in [0.5, 0.6) is 0 Å². The minimum absolute atomic E-state index is 0.149. The summed E-state index contributed by atoms with van der Waals surface area (Å²) in [4.78, 5) is 17.1. The zero-order valence-corrected chi connectivity index (χ0v) is 17.0. The van der Waals surface area contributed by atoms with Gasteiger partial charge in [0.15, 0.2) is 0 Å². The van der Waals surface area contributed by atoms with Crippen molar-refractivity contribution in [3.05, 3.63) is 113 Å². The molecule has 2 heterocycles. The van der Waals surface area contributed by atoms with E-state index in [9.17, 15) is 4.79 Å². The van der Waals surface area contributed by atoms with Gasteiger partial charge in [-0.1, -0.05) is 78.4 Å². The number of aryl methyl sites for hydroxylation is 1. The molecule has 0 spiro atoms. The molecule has 1 amide bonds. The summed E-state index contributed by atoms with van der Waals surface area (Å²) in [7, 11) is 0. The number of nitrogens with zero attached hydrogens (tertiary/aromatic N) is 3. The van der Waals surface area contributed by atoms with Gasteiger partial charge in [0.05, 0.1) is 0 Å². The molecule has 4 aromatic rings. The van der Waals surface area contributed by atoms with Gasteiger partial charge < -0.3 is 5.32 Å². The van der Waals surface area contributed by atoms with Gasteiger partial charge in [0.2, 0.25) is 5.95 Å². The van der Waals surface area contributed by atoms with Crippen LogP contribution in [-0.2, 0) is 0 Å². The Morgan fingerprint density at radius 2 is 1.61 bits per heavy atom. The van der Waals surface area contributed by atoms with Crippen molar-refractivity contribution < 1.29 is 4.79 Å². The Kier molecular flexibility index (Phi) is 4.80. The lowest BCUT2D eigenvalue weighted by molar-refractivity contribution is 0.102. The summed E-state index contributed by atoms with van der Waals surface area (Å²) in [5.74, 6) is 0.595. The van der Waals surface area contributed by atoms with Crippen LogP contribution in [0.2, 0.25) is 0 Å². The van der Waals surface area contributed by atoms with Crippen LogP contribution in [0.15, 0.2) is 91.0 Å². The van der Waals surface area contributed by atoms with E-state index >= 15 is 0 Å². The largest absolute Gasteiger partial charge is 0.324 e. The molecule has 0 saturated heterocycles. The minimum atomic E-state index is -0.244. The highest BCUT2D eigenvalue weighted by atomic mass is 16.1. The van der Waals surface area contributed by atoms with Gasteiger partial charge in [-0.05, 0) is 36.3 Å². The second-order valence-electron chi connectivity index (χ2n) is 7.45. The van der Waals surface area contributed by atoms with Crippen LogP contribution in [-0.4, -0.2) is 20.7 Å². The highest BCUT2D eigenvalue weighted by Gasteiger charge is 2.25. The summed E-state index contributed by atoms with van der Waals surface area (Å²) >= 11 is 0. The maximum Gasteiger partial charge on any atom is 0.258 e. The average molecular weight is 407 g/mol. The lowest BCUT2D eigenvalue weighted by atomic mass is 10.0. The Morgan fingerprint density at radius 3 is 2.32 bits per heavy atom. The van der Waals surface area contributed by atoms with Gasteiger partial charge in [0.1, 0.15) is 6.04 Å². The van der Waals surface area contributed by atoms with E-state index in [1.807, 2.05) is 36.4 Å². The molecular weight excluding hydrogens is 386 g/mol. The number of anilines is 2. The van der Waals surface area contributed by atoms with E-state index in [0.717, 1.165) is 16.8 Å². The fraction of sp³-hybridized carbons (Fsp3) is 0.0800. The first-order valence-corrected chi connectivity index (χ1v) is 10.1. The van der Waals surface area contributed by atoms with E-state index in [4.69, 9.17) is 0 Å². The van der Waals surface area contributed by atoms with E-state index < -0.39 is 0 Å². The first kappa shape index (κ1) is 18.8. The molecule has 152 valence electrons. The Bertz CT molecular complexity index is 1240. The van der Waals surface area contributed by atoms with E-state index in [1.165, 1.54) is 5.56 Å². The minimum Gasteiger partial charge on any atom is -0.324 e. The Labute approximate surface area is 180 Å². The molecule has 1 aliphatic rings. The molecule has 0 radical (unpaired) electrons. The number of fused-ring (bicyclic) bond motifs is 1. The van der Waals surface area contributed by atoms with Crippen LogP contribution in [0.4, 0.5) is 11.9 Å². The summed E-state index contributed by atoms with van der Waals surface area (Å²) in [5, 5.41) is 10.8. The molecule has 1 aromatic heterocycles. The van der Waals surface area contributed by atoms with Crippen molar-refractivity contribution in [3.8, 4) is 0 Å². The van der Waals surface area contributed by atoms with Gasteiger partial charge in [-0.25, -0.2) is 4.68 Å². The Morgan fingerprint density at radius 1 is 0.935 bits per heavy atom. The van der Waals surface area contributed by atoms with Gasteiger partial charge in [0.25, 0.3) is 11.9 Å². The van der Waals surface area contributed by atoms with Crippen molar-refractivity contribution in [3.63, 3.8) is 0 Å². The lowest BCUT2D eigenvalue weighted by Crippen LogP contribution is -2.20. The molecule has 3 aromatic carbocycles. The van der Waals surface area contributed by atoms with Crippen molar-refractivity contribution in [2.75, 3.05) is 10.6 Å². The van der Waals surface area contributed by atoms with Crippen molar-refractivity contribution in [1.82, 2.24) is 14.8 Å². The number of aromatic nitrogens is 3. The molecule has 1 atom stereocenters. The smallest absolute Gasteiger partial charge is 0.258 e. The molecule has 6 nitrogen and oxygen atoms in total. The van der Waals surface area contributed by atoms with Gasteiger partial charge >= 0.3 is 0 Å². The van der Waals surface area contributed by atoms with Crippen molar-refractivity contribution >= 4 is 23.5 Å². The Balaban J connectivity index is 1.51. The number of rotatable bonds is 4. The van der Waals surface area contributed by atoms with Gasteiger partial charge in [-0.2, -0.15) is 4.98 Å². The normalized spacial score (nSPS) is 14.9. The highest BCUT2D eigenvalue weighted by Crippen LogP contribution is 2.33. The number of hydrogen-bond donors (Lipinski definition) is 2. The van der Waals surface area contributed by atoms with Gasteiger partial charge in [-0.15, -0.1) is 5.10 Å². The summed E-state index contributed by atoms with van der Waals surface area (Å²) < 4.78 is 1.80. The van der Waals surface area contributed by atoms with Crippen molar-refractivity contribution in [1.29, 1.82) is 0 Å². The molecule has 2 N–H and O–H groups in total. The molecule has 0 fully saturated rings. The van der Waals surface area contributed by atoms with Crippen molar-refractivity contribution in [2.24, 2.45) is 0 Å². The SMILES string of the molecule is Cc1ccc(C2=CC(c3ccccc3)n3nc(NC(=O)c4ccccc4)nc3N2)cc1. The molecule has 0 saturated carbocycles. The topological polar surface area (TPSA) is 71.8 Å². The van der Waals surface area contributed by atoms with Gasteiger partial charge in [-0.3, -0.25) is 10.1 Å². The predicted molar refractivity (Wildman–Crippen MR) is 122 cm³/mol. The van der Waals surface area contributed by atoms with E-state index in [2.05, 4.69) is 70.1 Å². The molecule has 0 bridgehead atoms. The maximum atomic E-state index is 12.6. The first-order chi connectivity index (χ1) is 15.2. The fourth-order valence-electron chi connectivity index (χ4n) is 3.60. The molecule has 1 unspecified atom stereocenters. The predicted octanol–water partition coefficient (Wildman–Crippen LogP) is 4.89. The monoisotopic (exact) mass is 407 g/mol. The third-order valence-electron chi connectivity index (χ3n) is 5.23. The zero-order valence-electron chi connectivity index (χ0n) is 17.0. The number of hydrogen-bond acceptors (Lipinski definition) is 4. The molecule has 0 aliphatic carbocycles. The molecule has 31 heavy (non-hydrogen) atoms. The third-order valence-corrected chi connectivity index (χ3v) is 5.23. The number of amides is 1. The van der Waals surface area contributed by atoms with Crippen LogP contribution < -0.4 is 10.6 Å². The Hall–Kier alpha value is -4.19. The summed E-state index contributed by atoms with van der Waals surface area (Å²) in [5.41, 5.74) is 4.86. The third kappa shape index (κ3) is 3.83. The molecule has 6 heteroatoms. The van der Waals surface area contributed by atoms with Crippen molar-refractivity contribution in [2.45, 2.75) is 13.0 Å². The van der Waals surface area contributed by atoms with E-state index in [1.54, 1.807) is 16.8 Å². The van der Waals surface area contributed by atoms with E-state index in [0.29, 0.717) is 11.5 Å². The highest BCUT2D eigenvalue weighted by molar-refractivity contribution is 6.03. The van der Waals surface area contributed by atoms with Crippen LogP contribution >= 0.6 is 0 Å². The van der Waals surface area contributed by atoms with Gasteiger partial charge in [0, 0.05) is 11.3 Å². The number of benzene rings is 3. The van der Waals surface area contributed by atoms with E-state index in [-0.39, 0.29) is 17.9 Å². The molecule has 1 aliphatic heterocycles. The first-order valence-electron chi connectivity index (χ1n) is 10.1. The molecule has 5 rings (SSSR count). The summed E-state index contributed by atoms with van der Waals surface area (Å²) in [6.07, 6.45) is 2.13. The zero-order chi connectivity index (χ0) is 21.2. The van der Waals surface area contributed by atoms with Crippen LogP contribution in [0.25, 0.3) is 5.70 Å². The second-order valence-corrected chi connectivity index (χ2v) is 7.45. The second kappa shape index (κ2) is 7.91. The summed E-state index contributed by atoms with van der Waals surface area (Å²) in [6, 6.07) is 27.3. The molecular formula is C25H21N5O. The summed E-state index contributed by atoms with van der Waals surface area (Å²) in [6.45, 7) is 2.07. The number of allylic oxidation sites excluding steroid dienone is 1. The number of nitrogens with one attached hydrogen (secondary N) is 2. The quantitative estimate of drug-likeness (QED) is 0.505. The fourth-order valence-corrected chi connectivity index (χ4v) is 3.60. The van der Waals surface area contributed by atoms with Crippen LogP contribution in [0.3, 0.4) is 0 Å². The van der Waals surface area contributed by atoms with Crippen LogP contribution in [0, 0.1) is 6.92 Å². The average Bonchev–Trinajstić information content (AvgIpc) is 3.22. The maximum absolute atomic E-state index is 12.6. The van der Waals surface area contributed by atoms with Crippen LogP contribution in [0.1, 0.15) is 33.1 Å². The number of carbonyl (C=O) groups excluding carboxylic acids is 1. The standard InChI is InChI=1S/C25H21N5O/c1-17-12-14-18(15-13-17)21-16-22(19-8-4-2-5-9-19)30-25(26-21)28-24(29-30)27-23(31)20-10-6-3-7-11-20/h2-16,22H,1H3,(H2,26,27,28,29,31). The lowest BCUT2D eigenvalue weighted by Gasteiger charge is -2.24.